The molecule has 0 unspecified atom stereocenters. The average molecular weight is 353 g/mol. The van der Waals surface area contributed by atoms with E-state index in [1.807, 2.05) is 13.0 Å². The molecule has 7 heteroatoms. The molecule has 0 aliphatic carbocycles. The Morgan fingerprint density at radius 3 is 2.84 bits per heavy atom. The minimum atomic E-state index is -0.243. The van der Waals surface area contributed by atoms with Crippen LogP contribution in [0.25, 0.3) is 31.8 Å². The van der Waals surface area contributed by atoms with Gasteiger partial charge in [0.2, 0.25) is 0 Å². The lowest BCUT2D eigenvalue weighted by Crippen LogP contribution is -2.08. The number of pyridine rings is 1. The standard InChI is InChI=1S/C18H15N3O3S/c1-9-7-10(8-24-2)13-14-15(25-18(13)19-9)17(23)21-16(20-14)11-5-3-4-6-12(11)22/h3-7,22H,8H2,1-2H3,(H,20,21,23). The lowest BCUT2D eigenvalue weighted by Gasteiger charge is -2.06. The number of aromatic nitrogens is 3. The Hall–Kier alpha value is -2.77. The maximum absolute atomic E-state index is 12.6. The highest BCUT2D eigenvalue weighted by Crippen LogP contribution is 2.34. The normalized spacial score (nSPS) is 11.4. The molecule has 4 rings (SSSR count). The van der Waals surface area contributed by atoms with Gasteiger partial charge in [-0.15, -0.1) is 11.3 Å². The van der Waals surface area contributed by atoms with Crippen molar-refractivity contribution in [3.8, 4) is 17.1 Å². The fourth-order valence-corrected chi connectivity index (χ4v) is 4.03. The number of methoxy groups -OCH3 is 1. The second kappa shape index (κ2) is 5.94. The molecule has 0 aliphatic rings. The molecule has 3 aromatic heterocycles. The number of benzene rings is 1. The number of nitrogens with zero attached hydrogens (tertiary/aromatic N) is 2. The first-order valence-electron chi connectivity index (χ1n) is 7.69. The average Bonchev–Trinajstić information content (AvgIpc) is 2.94. The summed E-state index contributed by atoms with van der Waals surface area (Å²) in [4.78, 5) is 25.3. The van der Waals surface area contributed by atoms with E-state index in [1.54, 1.807) is 31.4 Å². The molecule has 6 nitrogen and oxygen atoms in total. The fraction of sp³-hybridized carbons (Fsp3) is 0.167. The number of thiophene rings is 1. The molecule has 1 aromatic carbocycles. The third-order valence-corrected chi connectivity index (χ3v) is 5.04. The van der Waals surface area contributed by atoms with Crippen molar-refractivity contribution in [1.82, 2.24) is 15.0 Å². The van der Waals surface area contributed by atoms with Crippen molar-refractivity contribution in [3.05, 3.63) is 51.9 Å². The minimum Gasteiger partial charge on any atom is -0.507 e. The van der Waals surface area contributed by atoms with Crippen LogP contribution in [0.3, 0.4) is 0 Å². The van der Waals surface area contributed by atoms with Gasteiger partial charge < -0.3 is 14.8 Å². The van der Waals surface area contributed by atoms with Gasteiger partial charge >= 0.3 is 0 Å². The van der Waals surface area contributed by atoms with Gasteiger partial charge in [-0.05, 0) is 30.7 Å². The summed E-state index contributed by atoms with van der Waals surface area (Å²) in [5.74, 6) is 0.398. The van der Waals surface area contributed by atoms with Gasteiger partial charge in [0, 0.05) is 18.2 Å². The summed E-state index contributed by atoms with van der Waals surface area (Å²) < 4.78 is 5.81. The molecular weight excluding hydrogens is 338 g/mol. The first-order valence-corrected chi connectivity index (χ1v) is 8.50. The molecule has 4 aromatic rings. The van der Waals surface area contributed by atoms with E-state index < -0.39 is 0 Å². The SMILES string of the molecule is COCc1cc(C)nc2sc3c(=O)[nH]c(-c4ccccc4O)nc3c12. The Morgan fingerprint density at radius 2 is 2.08 bits per heavy atom. The van der Waals surface area contributed by atoms with Crippen molar-refractivity contribution in [2.24, 2.45) is 0 Å². The van der Waals surface area contributed by atoms with Gasteiger partial charge in [0.25, 0.3) is 5.56 Å². The first kappa shape index (κ1) is 15.7. The number of aromatic hydroxyl groups is 1. The summed E-state index contributed by atoms with van der Waals surface area (Å²) in [5, 5.41) is 10.9. The molecule has 0 fully saturated rings. The van der Waals surface area contributed by atoms with Crippen molar-refractivity contribution in [2.45, 2.75) is 13.5 Å². The van der Waals surface area contributed by atoms with Gasteiger partial charge in [-0.3, -0.25) is 4.79 Å². The Bertz CT molecular complexity index is 1160. The van der Waals surface area contributed by atoms with E-state index in [1.165, 1.54) is 11.3 Å². The van der Waals surface area contributed by atoms with Crippen LogP contribution >= 0.6 is 11.3 Å². The topological polar surface area (TPSA) is 88.1 Å². The van der Waals surface area contributed by atoms with Crippen LogP contribution in [0.15, 0.2) is 35.1 Å². The van der Waals surface area contributed by atoms with Gasteiger partial charge in [-0.2, -0.15) is 0 Å². The van der Waals surface area contributed by atoms with E-state index in [9.17, 15) is 9.90 Å². The zero-order valence-corrected chi connectivity index (χ0v) is 14.5. The zero-order chi connectivity index (χ0) is 17.6. The van der Waals surface area contributed by atoms with E-state index in [0.717, 1.165) is 21.5 Å². The Balaban J connectivity index is 2.10. The predicted molar refractivity (Wildman–Crippen MR) is 98.1 cm³/mol. The number of phenols is 1. The summed E-state index contributed by atoms with van der Waals surface area (Å²) in [5.41, 5.74) is 2.63. The molecule has 0 bridgehead atoms. The Labute approximate surface area is 146 Å². The summed E-state index contributed by atoms with van der Waals surface area (Å²) >= 11 is 1.32. The van der Waals surface area contributed by atoms with E-state index >= 15 is 0 Å². The number of nitrogens with one attached hydrogen (secondary N) is 1. The van der Waals surface area contributed by atoms with E-state index in [2.05, 4.69) is 15.0 Å². The number of rotatable bonds is 3. The Morgan fingerprint density at radius 1 is 1.28 bits per heavy atom. The van der Waals surface area contributed by atoms with Crippen LogP contribution < -0.4 is 5.56 Å². The van der Waals surface area contributed by atoms with E-state index in [0.29, 0.717) is 28.2 Å². The molecular formula is C18H15N3O3S. The molecule has 126 valence electrons. The minimum absolute atomic E-state index is 0.0654. The number of para-hydroxylation sites is 1. The summed E-state index contributed by atoms with van der Waals surface area (Å²) in [7, 11) is 1.63. The predicted octanol–water partition coefficient (Wildman–Crippen LogP) is 3.36. The number of aromatic amines is 1. The van der Waals surface area contributed by atoms with Gasteiger partial charge in [-0.25, -0.2) is 9.97 Å². The third-order valence-electron chi connectivity index (χ3n) is 3.97. The number of H-pyrrole nitrogens is 1. The van der Waals surface area contributed by atoms with Crippen molar-refractivity contribution in [3.63, 3.8) is 0 Å². The highest BCUT2D eigenvalue weighted by Gasteiger charge is 2.17. The number of hydrogen-bond acceptors (Lipinski definition) is 6. The fourth-order valence-electron chi connectivity index (χ4n) is 2.93. The van der Waals surface area contributed by atoms with Gasteiger partial charge in [0.1, 0.15) is 21.1 Å². The highest BCUT2D eigenvalue weighted by atomic mass is 32.1. The summed E-state index contributed by atoms with van der Waals surface area (Å²) in [6, 6.07) is 8.73. The molecule has 25 heavy (non-hydrogen) atoms. The molecule has 0 spiro atoms. The van der Waals surface area contributed by atoms with E-state index in [4.69, 9.17) is 4.74 Å². The number of phenolic OH excluding ortho intramolecular Hbond substituents is 1. The van der Waals surface area contributed by atoms with Crippen molar-refractivity contribution in [1.29, 1.82) is 0 Å². The van der Waals surface area contributed by atoms with Crippen molar-refractivity contribution in [2.75, 3.05) is 7.11 Å². The van der Waals surface area contributed by atoms with Crippen LogP contribution in [0.4, 0.5) is 0 Å². The molecule has 0 saturated carbocycles. The van der Waals surface area contributed by atoms with Crippen LogP contribution in [-0.4, -0.2) is 27.2 Å². The zero-order valence-electron chi connectivity index (χ0n) is 13.7. The largest absolute Gasteiger partial charge is 0.507 e. The first-order chi connectivity index (χ1) is 12.1. The smallest absolute Gasteiger partial charge is 0.269 e. The number of fused-ring (bicyclic) bond motifs is 3. The van der Waals surface area contributed by atoms with Crippen LogP contribution in [0.1, 0.15) is 11.3 Å². The number of aryl methyl sites for hydroxylation is 1. The maximum Gasteiger partial charge on any atom is 0.269 e. The van der Waals surface area contributed by atoms with E-state index in [-0.39, 0.29) is 11.3 Å². The molecule has 0 amide bonds. The quantitative estimate of drug-likeness (QED) is 0.590. The number of ether oxygens (including phenoxy) is 1. The highest BCUT2D eigenvalue weighted by molar-refractivity contribution is 7.25. The van der Waals surface area contributed by atoms with Crippen LogP contribution in [-0.2, 0) is 11.3 Å². The second-order valence-corrected chi connectivity index (χ2v) is 6.75. The van der Waals surface area contributed by atoms with Crippen molar-refractivity contribution >= 4 is 31.8 Å². The monoisotopic (exact) mass is 353 g/mol. The van der Waals surface area contributed by atoms with Gasteiger partial charge in [0.15, 0.2) is 0 Å². The maximum atomic E-state index is 12.6. The molecule has 0 saturated heterocycles. The molecule has 0 atom stereocenters. The molecule has 3 heterocycles. The van der Waals surface area contributed by atoms with Gasteiger partial charge in [-0.1, -0.05) is 12.1 Å². The molecule has 0 aliphatic heterocycles. The second-order valence-electron chi connectivity index (χ2n) is 5.75. The van der Waals surface area contributed by atoms with Crippen LogP contribution in [0, 0.1) is 6.92 Å². The number of hydrogen-bond donors (Lipinski definition) is 2. The lowest BCUT2D eigenvalue weighted by atomic mass is 10.1. The molecule has 2 N–H and O–H groups in total. The molecule has 0 radical (unpaired) electrons. The van der Waals surface area contributed by atoms with Crippen LogP contribution in [0.2, 0.25) is 0 Å². The lowest BCUT2D eigenvalue weighted by molar-refractivity contribution is 0.186. The van der Waals surface area contributed by atoms with Crippen molar-refractivity contribution < 1.29 is 9.84 Å². The van der Waals surface area contributed by atoms with Gasteiger partial charge in [0.05, 0.1) is 17.7 Å². The van der Waals surface area contributed by atoms with Crippen LogP contribution in [0.5, 0.6) is 5.75 Å². The Kier molecular flexibility index (Phi) is 3.74. The summed E-state index contributed by atoms with van der Waals surface area (Å²) in [6.07, 6.45) is 0. The summed E-state index contributed by atoms with van der Waals surface area (Å²) in [6.45, 7) is 2.32. The third kappa shape index (κ3) is 2.57.